The molecule has 2 aromatic carbocycles. The molecule has 0 fully saturated rings. The van der Waals surface area contributed by atoms with Crippen LogP contribution in [0.15, 0.2) is 42.5 Å². The van der Waals surface area contributed by atoms with Crippen LogP contribution < -0.4 is 0 Å². The lowest BCUT2D eigenvalue weighted by molar-refractivity contribution is 0.403. The van der Waals surface area contributed by atoms with E-state index < -0.39 is 0 Å². The summed E-state index contributed by atoms with van der Waals surface area (Å²) in [6.07, 6.45) is 2.16. The van der Waals surface area contributed by atoms with E-state index in [9.17, 15) is 10.2 Å². The van der Waals surface area contributed by atoms with Crippen molar-refractivity contribution < 1.29 is 10.2 Å². The van der Waals surface area contributed by atoms with Gasteiger partial charge in [-0.2, -0.15) is 0 Å². The number of rotatable bonds is 1. The van der Waals surface area contributed by atoms with Gasteiger partial charge in [0.1, 0.15) is 0 Å². The van der Waals surface area contributed by atoms with Gasteiger partial charge in [-0.25, -0.2) is 0 Å². The highest BCUT2D eigenvalue weighted by Crippen LogP contribution is 2.40. The Balaban J connectivity index is 2.04. The van der Waals surface area contributed by atoms with Gasteiger partial charge in [0.2, 0.25) is 0 Å². The van der Waals surface area contributed by atoms with Gasteiger partial charge in [0.05, 0.1) is 0 Å². The van der Waals surface area contributed by atoms with Gasteiger partial charge >= 0.3 is 0 Å². The van der Waals surface area contributed by atoms with Crippen LogP contribution in [-0.4, -0.2) is 10.2 Å². The number of hydrogen-bond donors (Lipinski definition) is 2. The summed E-state index contributed by atoms with van der Waals surface area (Å²) in [4.78, 5) is 0. The van der Waals surface area contributed by atoms with Gasteiger partial charge in [-0.05, 0) is 41.7 Å². The Bertz CT molecular complexity index is 561. The highest BCUT2D eigenvalue weighted by Gasteiger charge is 2.23. The van der Waals surface area contributed by atoms with E-state index in [-0.39, 0.29) is 11.5 Å². The second-order valence-corrected chi connectivity index (χ2v) is 4.54. The van der Waals surface area contributed by atoms with Crippen molar-refractivity contribution in [2.75, 3.05) is 0 Å². The van der Waals surface area contributed by atoms with Crippen LogP contribution in [0.4, 0.5) is 0 Å². The fourth-order valence-electron chi connectivity index (χ4n) is 2.66. The molecular formula is C15H14O2. The first-order valence-corrected chi connectivity index (χ1v) is 5.85. The summed E-state index contributed by atoms with van der Waals surface area (Å²) < 4.78 is 0. The molecule has 2 heteroatoms. The van der Waals surface area contributed by atoms with Crippen molar-refractivity contribution in [1.29, 1.82) is 0 Å². The van der Waals surface area contributed by atoms with Crippen LogP contribution in [0.2, 0.25) is 0 Å². The molecule has 1 atom stereocenters. The number of phenols is 2. The van der Waals surface area contributed by atoms with Gasteiger partial charge in [-0.15, -0.1) is 0 Å². The average Bonchev–Trinajstić information content (AvgIpc) is 2.76. The molecule has 0 saturated carbocycles. The molecular weight excluding hydrogens is 212 g/mol. The minimum absolute atomic E-state index is 0.0353. The van der Waals surface area contributed by atoms with E-state index >= 15 is 0 Å². The highest BCUT2D eigenvalue weighted by molar-refractivity contribution is 5.47. The minimum atomic E-state index is -0.0555. The second-order valence-electron chi connectivity index (χ2n) is 4.54. The van der Waals surface area contributed by atoms with E-state index in [2.05, 4.69) is 24.3 Å². The topological polar surface area (TPSA) is 40.5 Å². The van der Waals surface area contributed by atoms with Gasteiger partial charge in [-0.3, -0.25) is 0 Å². The number of phenolic OH excluding ortho intramolecular Hbond substituents is 2. The molecule has 1 aliphatic carbocycles. The maximum Gasteiger partial charge on any atom is 0.157 e. The Morgan fingerprint density at radius 3 is 2.59 bits per heavy atom. The van der Waals surface area contributed by atoms with Gasteiger partial charge in [0.15, 0.2) is 11.5 Å². The molecule has 0 spiro atoms. The average molecular weight is 226 g/mol. The molecule has 17 heavy (non-hydrogen) atoms. The fraction of sp³-hybridized carbons (Fsp3) is 0.200. The first kappa shape index (κ1) is 10.2. The summed E-state index contributed by atoms with van der Waals surface area (Å²) in [5, 5.41) is 18.9. The first-order chi connectivity index (χ1) is 8.25. The molecule has 0 aliphatic heterocycles. The normalized spacial score (nSPS) is 18.0. The van der Waals surface area contributed by atoms with E-state index in [1.807, 2.05) is 6.07 Å². The van der Waals surface area contributed by atoms with E-state index in [1.165, 1.54) is 11.1 Å². The lowest BCUT2D eigenvalue weighted by Gasteiger charge is -2.12. The fourth-order valence-corrected chi connectivity index (χ4v) is 2.66. The Morgan fingerprint density at radius 1 is 0.941 bits per heavy atom. The van der Waals surface area contributed by atoms with Gasteiger partial charge < -0.3 is 10.2 Å². The third-order valence-electron chi connectivity index (χ3n) is 3.53. The second kappa shape index (κ2) is 3.81. The number of aryl methyl sites for hydroxylation is 1. The number of fused-ring (bicyclic) bond motifs is 1. The van der Waals surface area contributed by atoms with Crippen LogP contribution >= 0.6 is 0 Å². The smallest absolute Gasteiger partial charge is 0.157 e. The number of aromatic hydroxyl groups is 2. The quantitative estimate of drug-likeness (QED) is 0.733. The predicted octanol–water partition coefficient (Wildman–Crippen LogP) is 3.18. The number of benzene rings is 2. The third kappa shape index (κ3) is 1.66. The molecule has 0 radical (unpaired) electrons. The highest BCUT2D eigenvalue weighted by atomic mass is 16.3. The van der Waals surface area contributed by atoms with Crippen LogP contribution in [0.1, 0.15) is 29.0 Å². The van der Waals surface area contributed by atoms with Crippen molar-refractivity contribution in [2.24, 2.45) is 0 Å². The summed E-state index contributed by atoms with van der Waals surface area (Å²) in [7, 11) is 0. The summed E-state index contributed by atoms with van der Waals surface area (Å²) in [5.74, 6) is 0.254. The van der Waals surface area contributed by atoms with Gasteiger partial charge in [0, 0.05) is 5.92 Å². The Kier molecular flexibility index (Phi) is 2.29. The van der Waals surface area contributed by atoms with Crippen LogP contribution in [0.3, 0.4) is 0 Å². The molecule has 0 aromatic heterocycles. The van der Waals surface area contributed by atoms with Crippen LogP contribution in [0.5, 0.6) is 11.5 Å². The maximum absolute atomic E-state index is 9.56. The van der Waals surface area contributed by atoms with E-state index in [4.69, 9.17) is 0 Å². The van der Waals surface area contributed by atoms with Crippen LogP contribution in [0, 0.1) is 0 Å². The molecule has 3 rings (SSSR count). The molecule has 0 saturated heterocycles. The lowest BCUT2D eigenvalue weighted by atomic mass is 9.93. The summed E-state index contributed by atoms with van der Waals surface area (Å²) in [6, 6.07) is 13.6. The van der Waals surface area contributed by atoms with E-state index in [0.717, 1.165) is 18.4 Å². The molecule has 0 amide bonds. The molecule has 86 valence electrons. The summed E-state index contributed by atoms with van der Waals surface area (Å²) in [6.45, 7) is 0. The third-order valence-corrected chi connectivity index (χ3v) is 3.53. The SMILES string of the molecule is Oc1ccc(C2CCc3ccccc32)cc1O. The lowest BCUT2D eigenvalue weighted by Crippen LogP contribution is -1.95. The van der Waals surface area contributed by atoms with Crippen molar-refractivity contribution in [1.82, 2.24) is 0 Å². The van der Waals surface area contributed by atoms with Crippen molar-refractivity contribution >= 4 is 0 Å². The van der Waals surface area contributed by atoms with Crippen molar-refractivity contribution in [3.63, 3.8) is 0 Å². The number of hydrogen-bond acceptors (Lipinski definition) is 2. The molecule has 0 bridgehead atoms. The molecule has 1 aliphatic rings. The zero-order chi connectivity index (χ0) is 11.8. The molecule has 2 nitrogen and oxygen atoms in total. The van der Waals surface area contributed by atoms with Crippen molar-refractivity contribution in [3.8, 4) is 11.5 Å². The summed E-state index contributed by atoms with van der Waals surface area (Å²) >= 11 is 0. The predicted molar refractivity (Wildman–Crippen MR) is 66.4 cm³/mol. The molecule has 1 unspecified atom stereocenters. The van der Waals surface area contributed by atoms with E-state index in [0.29, 0.717) is 5.92 Å². The van der Waals surface area contributed by atoms with Crippen molar-refractivity contribution in [2.45, 2.75) is 18.8 Å². The first-order valence-electron chi connectivity index (χ1n) is 5.85. The van der Waals surface area contributed by atoms with Gasteiger partial charge in [-0.1, -0.05) is 30.3 Å². The van der Waals surface area contributed by atoms with Crippen molar-refractivity contribution in [3.05, 3.63) is 59.2 Å². The Hall–Kier alpha value is -1.96. The zero-order valence-electron chi connectivity index (χ0n) is 9.43. The molecule has 0 heterocycles. The Morgan fingerprint density at radius 2 is 1.76 bits per heavy atom. The standard InChI is InChI=1S/C15H14O2/c16-14-8-6-11(9-15(14)17)13-7-5-10-3-1-2-4-12(10)13/h1-4,6,8-9,13,16-17H,5,7H2. The Labute approximate surface area is 100 Å². The zero-order valence-corrected chi connectivity index (χ0v) is 9.43. The molecule has 2 N–H and O–H groups in total. The van der Waals surface area contributed by atoms with E-state index in [1.54, 1.807) is 12.1 Å². The largest absolute Gasteiger partial charge is 0.504 e. The van der Waals surface area contributed by atoms with Crippen LogP contribution in [0.25, 0.3) is 0 Å². The van der Waals surface area contributed by atoms with Crippen LogP contribution in [-0.2, 0) is 6.42 Å². The molecule has 2 aromatic rings. The van der Waals surface area contributed by atoms with Gasteiger partial charge in [0.25, 0.3) is 0 Å². The monoisotopic (exact) mass is 226 g/mol. The maximum atomic E-state index is 9.56. The minimum Gasteiger partial charge on any atom is -0.504 e. The summed E-state index contributed by atoms with van der Waals surface area (Å²) in [5.41, 5.74) is 3.81.